The molecule has 0 aliphatic rings. The van der Waals surface area contributed by atoms with E-state index in [0.717, 1.165) is 22.6 Å². The summed E-state index contributed by atoms with van der Waals surface area (Å²) in [6, 6.07) is 3.64. The van der Waals surface area contributed by atoms with E-state index in [1.807, 2.05) is 26.0 Å². The SMILES string of the molecule is COc1ccc(NC(=O)CN)c(C)c1C. The fourth-order valence-corrected chi connectivity index (χ4v) is 1.35. The Morgan fingerprint density at radius 2 is 2.07 bits per heavy atom. The summed E-state index contributed by atoms with van der Waals surface area (Å²) in [6.45, 7) is 3.88. The van der Waals surface area contributed by atoms with Crippen LogP contribution in [0.1, 0.15) is 11.1 Å². The maximum absolute atomic E-state index is 11.1. The first-order valence-electron chi connectivity index (χ1n) is 4.74. The lowest BCUT2D eigenvalue weighted by molar-refractivity contribution is -0.114. The number of hydrogen-bond acceptors (Lipinski definition) is 3. The van der Waals surface area contributed by atoms with Crippen molar-refractivity contribution in [2.24, 2.45) is 5.73 Å². The molecule has 0 aromatic heterocycles. The molecule has 4 nitrogen and oxygen atoms in total. The predicted molar refractivity (Wildman–Crippen MR) is 60.2 cm³/mol. The van der Waals surface area contributed by atoms with Crippen LogP contribution in [-0.2, 0) is 4.79 Å². The van der Waals surface area contributed by atoms with Crippen LogP contribution in [0.25, 0.3) is 0 Å². The van der Waals surface area contributed by atoms with Crippen molar-refractivity contribution in [2.45, 2.75) is 13.8 Å². The van der Waals surface area contributed by atoms with Crippen molar-refractivity contribution in [3.05, 3.63) is 23.3 Å². The fraction of sp³-hybridized carbons (Fsp3) is 0.364. The highest BCUT2D eigenvalue weighted by molar-refractivity contribution is 5.93. The van der Waals surface area contributed by atoms with Crippen LogP contribution in [0.3, 0.4) is 0 Å². The summed E-state index contributed by atoms with van der Waals surface area (Å²) < 4.78 is 5.17. The third-order valence-electron chi connectivity index (χ3n) is 2.42. The summed E-state index contributed by atoms with van der Waals surface area (Å²) in [4.78, 5) is 11.1. The molecule has 82 valence electrons. The van der Waals surface area contributed by atoms with Gasteiger partial charge < -0.3 is 15.8 Å². The van der Waals surface area contributed by atoms with Gasteiger partial charge in [-0.1, -0.05) is 0 Å². The molecule has 1 amide bonds. The van der Waals surface area contributed by atoms with Crippen molar-refractivity contribution in [2.75, 3.05) is 19.0 Å². The van der Waals surface area contributed by atoms with Crippen LogP contribution in [0.2, 0.25) is 0 Å². The summed E-state index contributed by atoms with van der Waals surface area (Å²) in [5.41, 5.74) is 8.03. The number of methoxy groups -OCH3 is 1. The molecule has 0 unspecified atom stereocenters. The maximum Gasteiger partial charge on any atom is 0.238 e. The monoisotopic (exact) mass is 208 g/mol. The molecular weight excluding hydrogens is 192 g/mol. The van der Waals surface area contributed by atoms with E-state index < -0.39 is 0 Å². The summed E-state index contributed by atoms with van der Waals surface area (Å²) >= 11 is 0. The highest BCUT2D eigenvalue weighted by Crippen LogP contribution is 2.26. The number of amides is 1. The number of nitrogens with two attached hydrogens (primary N) is 1. The van der Waals surface area contributed by atoms with Crippen LogP contribution in [0.5, 0.6) is 5.75 Å². The molecule has 0 fully saturated rings. The van der Waals surface area contributed by atoms with Gasteiger partial charge in [0.05, 0.1) is 13.7 Å². The molecule has 0 bridgehead atoms. The Balaban J connectivity index is 3.01. The van der Waals surface area contributed by atoms with Crippen molar-refractivity contribution >= 4 is 11.6 Å². The fourth-order valence-electron chi connectivity index (χ4n) is 1.35. The lowest BCUT2D eigenvalue weighted by Crippen LogP contribution is -2.22. The Morgan fingerprint density at radius 3 is 2.60 bits per heavy atom. The van der Waals surface area contributed by atoms with Crippen molar-refractivity contribution in [1.82, 2.24) is 0 Å². The number of nitrogens with one attached hydrogen (secondary N) is 1. The van der Waals surface area contributed by atoms with Crippen molar-refractivity contribution in [1.29, 1.82) is 0 Å². The zero-order valence-corrected chi connectivity index (χ0v) is 9.26. The first-order chi connectivity index (χ1) is 7.10. The Kier molecular flexibility index (Phi) is 3.68. The molecule has 0 heterocycles. The number of benzene rings is 1. The second kappa shape index (κ2) is 4.79. The number of anilines is 1. The Labute approximate surface area is 89.4 Å². The van der Waals surface area contributed by atoms with Gasteiger partial charge in [-0.15, -0.1) is 0 Å². The van der Waals surface area contributed by atoms with Gasteiger partial charge in [-0.05, 0) is 37.1 Å². The Bertz CT molecular complexity index is 375. The van der Waals surface area contributed by atoms with Crippen LogP contribution in [0.15, 0.2) is 12.1 Å². The summed E-state index contributed by atoms with van der Waals surface area (Å²) in [6.07, 6.45) is 0. The molecule has 0 aliphatic carbocycles. The lowest BCUT2D eigenvalue weighted by Gasteiger charge is -2.12. The van der Waals surface area contributed by atoms with Gasteiger partial charge in [0.25, 0.3) is 0 Å². The molecule has 0 radical (unpaired) electrons. The number of ether oxygens (including phenoxy) is 1. The average Bonchev–Trinajstić information content (AvgIpc) is 2.25. The summed E-state index contributed by atoms with van der Waals surface area (Å²) in [7, 11) is 1.62. The van der Waals surface area contributed by atoms with Crippen molar-refractivity contribution in [3.8, 4) is 5.75 Å². The zero-order chi connectivity index (χ0) is 11.4. The quantitative estimate of drug-likeness (QED) is 0.784. The normalized spacial score (nSPS) is 9.87. The predicted octanol–water partition coefficient (Wildman–Crippen LogP) is 1.21. The molecule has 0 spiro atoms. The number of carbonyl (C=O) groups is 1. The third-order valence-corrected chi connectivity index (χ3v) is 2.42. The van der Waals surface area contributed by atoms with Gasteiger partial charge in [-0.25, -0.2) is 0 Å². The molecule has 4 heteroatoms. The van der Waals surface area contributed by atoms with E-state index in [2.05, 4.69) is 5.32 Å². The van der Waals surface area contributed by atoms with Crippen LogP contribution >= 0.6 is 0 Å². The van der Waals surface area contributed by atoms with Gasteiger partial charge in [0.15, 0.2) is 0 Å². The van der Waals surface area contributed by atoms with E-state index in [0.29, 0.717) is 0 Å². The third kappa shape index (κ3) is 2.47. The Hall–Kier alpha value is -1.55. The molecule has 0 saturated carbocycles. The Morgan fingerprint density at radius 1 is 1.40 bits per heavy atom. The average molecular weight is 208 g/mol. The number of carbonyl (C=O) groups excluding carboxylic acids is 1. The molecule has 3 N–H and O–H groups in total. The van der Waals surface area contributed by atoms with Crippen LogP contribution in [0, 0.1) is 13.8 Å². The van der Waals surface area contributed by atoms with E-state index in [9.17, 15) is 4.79 Å². The summed E-state index contributed by atoms with van der Waals surface area (Å²) in [5.74, 6) is 0.626. The van der Waals surface area contributed by atoms with E-state index in [1.165, 1.54) is 0 Å². The molecule has 0 saturated heterocycles. The second-order valence-electron chi connectivity index (χ2n) is 3.32. The van der Waals surface area contributed by atoms with Crippen LogP contribution in [0.4, 0.5) is 5.69 Å². The maximum atomic E-state index is 11.1. The molecule has 0 aliphatic heterocycles. The number of rotatable bonds is 3. The minimum Gasteiger partial charge on any atom is -0.496 e. The molecule has 0 atom stereocenters. The molecule has 1 aromatic rings. The minimum atomic E-state index is -0.192. The molecule has 15 heavy (non-hydrogen) atoms. The summed E-state index contributed by atoms with van der Waals surface area (Å²) in [5, 5.41) is 2.73. The lowest BCUT2D eigenvalue weighted by atomic mass is 10.1. The minimum absolute atomic E-state index is 0.00941. The van der Waals surface area contributed by atoms with Gasteiger partial charge in [0.2, 0.25) is 5.91 Å². The number of hydrogen-bond donors (Lipinski definition) is 2. The van der Waals surface area contributed by atoms with Crippen molar-refractivity contribution in [3.63, 3.8) is 0 Å². The van der Waals surface area contributed by atoms with E-state index in [4.69, 9.17) is 10.5 Å². The van der Waals surface area contributed by atoms with Crippen molar-refractivity contribution < 1.29 is 9.53 Å². The molecule has 1 rings (SSSR count). The largest absolute Gasteiger partial charge is 0.496 e. The topological polar surface area (TPSA) is 64.3 Å². The van der Waals surface area contributed by atoms with Gasteiger partial charge in [0.1, 0.15) is 5.75 Å². The van der Waals surface area contributed by atoms with E-state index in [-0.39, 0.29) is 12.5 Å². The van der Waals surface area contributed by atoms with Gasteiger partial charge >= 0.3 is 0 Å². The van der Waals surface area contributed by atoms with E-state index in [1.54, 1.807) is 7.11 Å². The smallest absolute Gasteiger partial charge is 0.238 e. The highest BCUT2D eigenvalue weighted by Gasteiger charge is 2.08. The van der Waals surface area contributed by atoms with Gasteiger partial charge in [0, 0.05) is 5.69 Å². The van der Waals surface area contributed by atoms with Gasteiger partial charge in [-0.3, -0.25) is 4.79 Å². The first kappa shape index (κ1) is 11.5. The van der Waals surface area contributed by atoms with E-state index >= 15 is 0 Å². The molecule has 1 aromatic carbocycles. The van der Waals surface area contributed by atoms with Crippen LogP contribution in [-0.4, -0.2) is 19.6 Å². The zero-order valence-electron chi connectivity index (χ0n) is 9.26. The van der Waals surface area contributed by atoms with Gasteiger partial charge in [-0.2, -0.15) is 0 Å². The van der Waals surface area contributed by atoms with Crippen LogP contribution < -0.4 is 15.8 Å². The molecular formula is C11H16N2O2. The first-order valence-corrected chi connectivity index (χ1v) is 4.74. The second-order valence-corrected chi connectivity index (χ2v) is 3.32. The highest BCUT2D eigenvalue weighted by atomic mass is 16.5. The standard InChI is InChI=1S/C11H16N2O2/c1-7-8(2)10(15-3)5-4-9(7)13-11(14)6-12/h4-5H,6,12H2,1-3H3,(H,13,14).